The van der Waals surface area contributed by atoms with E-state index in [4.69, 9.17) is 14.2 Å². The van der Waals surface area contributed by atoms with Crippen LogP contribution in [-0.2, 0) is 19.0 Å². The summed E-state index contributed by atoms with van der Waals surface area (Å²) in [5.74, 6) is -1.56. The summed E-state index contributed by atoms with van der Waals surface area (Å²) in [4.78, 5) is 12.9. The highest BCUT2D eigenvalue weighted by Gasteiger charge is 2.79. The molecule has 26 heavy (non-hydrogen) atoms. The molecule has 0 aromatic heterocycles. The fourth-order valence-electron chi connectivity index (χ4n) is 7.49. The molecule has 0 aromatic rings. The highest BCUT2D eigenvalue weighted by Crippen LogP contribution is 2.72. The molecule has 4 heterocycles. The van der Waals surface area contributed by atoms with Crippen LogP contribution in [0.4, 0.5) is 0 Å². The number of esters is 1. The molecule has 9 atom stereocenters. The van der Waals surface area contributed by atoms with E-state index in [2.05, 4.69) is 13.0 Å². The molecule has 6 fully saturated rings. The number of aliphatic hydroxyl groups excluding tert-OH is 1. The normalized spacial score (nSPS) is 62.2. The molecule has 0 aromatic carbocycles. The lowest BCUT2D eigenvalue weighted by atomic mass is 9.42. The van der Waals surface area contributed by atoms with Gasteiger partial charge in [0.25, 0.3) is 0 Å². The molecule has 6 heteroatoms. The van der Waals surface area contributed by atoms with Gasteiger partial charge in [-0.15, -0.1) is 0 Å². The van der Waals surface area contributed by atoms with E-state index in [-0.39, 0.29) is 40.8 Å². The Morgan fingerprint density at radius 1 is 1.23 bits per heavy atom. The van der Waals surface area contributed by atoms with Crippen LogP contribution < -0.4 is 0 Å². The molecule has 2 N–H and O–H groups in total. The molecule has 142 valence electrons. The van der Waals surface area contributed by atoms with E-state index in [0.717, 1.165) is 19.3 Å². The number of carbonyl (C=O) groups excluding carboxylic acids is 1. The molecule has 4 saturated heterocycles. The van der Waals surface area contributed by atoms with Crippen molar-refractivity contribution in [1.29, 1.82) is 0 Å². The van der Waals surface area contributed by atoms with Gasteiger partial charge < -0.3 is 24.4 Å². The molecule has 2 bridgehead atoms. The van der Waals surface area contributed by atoms with Gasteiger partial charge >= 0.3 is 5.97 Å². The quantitative estimate of drug-likeness (QED) is 0.497. The van der Waals surface area contributed by atoms with Gasteiger partial charge in [-0.1, -0.05) is 6.92 Å². The molecular formula is C20H26O6. The van der Waals surface area contributed by atoms with E-state index in [0.29, 0.717) is 19.6 Å². The number of hydrogen-bond acceptors (Lipinski definition) is 6. The number of aliphatic hydroxyl groups is 2. The monoisotopic (exact) mass is 362 g/mol. The summed E-state index contributed by atoms with van der Waals surface area (Å²) in [5, 5.41) is 21.6. The first-order valence-corrected chi connectivity index (χ1v) is 9.85. The Bertz CT molecular complexity index is 737. The van der Waals surface area contributed by atoms with Gasteiger partial charge in [-0.25, -0.2) is 0 Å². The van der Waals surface area contributed by atoms with Gasteiger partial charge in [0, 0.05) is 23.2 Å². The third-order valence-electron chi connectivity index (χ3n) is 9.07. The van der Waals surface area contributed by atoms with Crippen LogP contribution in [0.3, 0.4) is 0 Å². The van der Waals surface area contributed by atoms with E-state index in [1.807, 2.05) is 6.92 Å². The minimum atomic E-state index is -1.42. The van der Waals surface area contributed by atoms with Gasteiger partial charge in [0.2, 0.25) is 0 Å². The zero-order valence-corrected chi connectivity index (χ0v) is 15.2. The van der Waals surface area contributed by atoms with Crippen LogP contribution >= 0.6 is 0 Å². The van der Waals surface area contributed by atoms with Gasteiger partial charge in [0.05, 0.1) is 25.4 Å². The topological polar surface area (TPSA) is 85.2 Å². The largest absolute Gasteiger partial charge is 0.457 e. The van der Waals surface area contributed by atoms with E-state index in [1.165, 1.54) is 5.57 Å². The number of carbonyl (C=O) groups is 1. The number of ether oxygens (including phenoxy) is 3. The van der Waals surface area contributed by atoms with Crippen molar-refractivity contribution in [3.63, 3.8) is 0 Å². The maximum Gasteiger partial charge on any atom is 0.318 e. The summed E-state index contributed by atoms with van der Waals surface area (Å²) in [6.07, 6.45) is 4.33. The van der Waals surface area contributed by atoms with E-state index < -0.39 is 17.3 Å². The molecule has 0 radical (unpaired) electrons. The van der Waals surface area contributed by atoms with Gasteiger partial charge in [-0.05, 0) is 43.8 Å². The summed E-state index contributed by atoms with van der Waals surface area (Å²) < 4.78 is 17.8. The Labute approximate surface area is 152 Å². The van der Waals surface area contributed by atoms with Crippen molar-refractivity contribution in [3.8, 4) is 0 Å². The first-order valence-electron chi connectivity index (χ1n) is 9.85. The first-order chi connectivity index (χ1) is 12.3. The Hall–Kier alpha value is -0.950. The van der Waals surface area contributed by atoms with Crippen molar-refractivity contribution in [1.82, 2.24) is 0 Å². The predicted octanol–water partition coefficient (Wildman–Crippen LogP) is 1.15. The molecule has 1 spiro atoms. The minimum Gasteiger partial charge on any atom is -0.457 e. The van der Waals surface area contributed by atoms with Crippen molar-refractivity contribution in [2.75, 3.05) is 13.2 Å². The van der Waals surface area contributed by atoms with Crippen molar-refractivity contribution in [3.05, 3.63) is 11.6 Å². The molecule has 2 saturated carbocycles. The third kappa shape index (κ3) is 1.41. The molecule has 4 aliphatic heterocycles. The summed E-state index contributed by atoms with van der Waals surface area (Å²) in [5.41, 5.74) is -0.293. The second-order valence-corrected chi connectivity index (χ2v) is 9.85. The second-order valence-electron chi connectivity index (χ2n) is 9.85. The first kappa shape index (κ1) is 16.0. The number of fused-ring (bicyclic) bond motifs is 5. The highest BCUT2D eigenvalue weighted by atomic mass is 16.6. The molecule has 3 aliphatic carbocycles. The lowest BCUT2D eigenvalue weighted by Gasteiger charge is -2.66. The molecule has 6 nitrogen and oxygen atoms in total. The summed E-state index contributed by atoms with van der Waals surface area (Å²) in [6.45, 7) is 4.76. The van der Waals surface area contributed by atoms with Crippen LogP contribution in [0, 0.1) is 28.1 Å². The van der Waals surface area contributed by atoms with Crippen LogP contribution in [0.25, 0.3) is 0 Å². The lowest BCUT2D eigenvalue weighted by molar-refractivity contribution is -0.367. The third-order valence-corrected chi connectivity index (χ3v) is 9.07. The Balaban J connectivity index is 1.54. The minimum absolute atomic E-state index is 0.0561. The zero-order chi connectivity index (χ0) is 18.1. The SMILES string of the molecule is C[C@@]12CC[C@@H]3C(=C[C@@H]4OC(=O)[C@]5(C)[C@H]4[C@]34CC[C@]5(O)OC4)[C@@H]1OC[C@H]2O. The summed E-state index contributed by atoms with van der Waals surface area (Å²) >= 11 is 0. The van der Waals surface area contributed by atoms with E-state index in [1.54, 1.807) is 0 Å². The predicted molar refractivity (Wildman–Crippen MR) is 88.7 cm³/mol. The molecular weight excluding hydrogens is 336 g/mol. The van der Waals surface area contributed by atoms with Crippen LogP contribution in [0.15, 0.2) is 11.6 Å². The number of hydrogen-bond donors (Lipinski definition) is 2. The Morgan fingerprint density at radius 3 is 2.77 bits per heavy atom. The Morgan fingerprint density at radius 2 is 2.04 bits per heavy atom. The van der Waals surface area contributed by atoms with E-state index >= 15 is 0 Å². The zero-order valence-electron chi connectivity index (χ0n) is 15.2. The van der Waals surface area contributed by atoms with E-state index in [9.17, 15) is 15.0 Å². The summed E-state index contributed by atoms with van der Waals surface area (Å²) in [6, 6.07) is 0. The average molecular weight is 362 g/mol. The van der Waals surface area contributed by atoms with Crippen LogP contribution in [-0.4, -0.2) is 53.5 Å². The fraction of sp³-hybridized carbons (Fsp3) is 0.850. The maximum atomic E-state index is 12.9. The van der Waals surface area contributed by atoms with Crippen LogP contribution in [0.5, 0.6) is 0 Å². The fourth-order valence-corrected chi connectivity index (χ4v) is 7.49. The van der Waals surface area contributed by atoms with Gasteiger partial charge in [0.1, 0.15) is 11.5 Å². The molecule has 0 amide bonds. The Kier molecular flexibility index (Phi) is 2.70. The van der Waals surface area contributed by atoms with Crippen LogP contribution in [0.1, 0.15) is 39.5 Å². The smallest absolute Gasteiger partial charge is 0.318 e. The van der Waals surface area contributed by atoms with Crippen molar-refractivity contribution in [2.24, 2.45) is 28.1 Å². The van der Waals surface area contributed by atoms with Crippen molar-refractivity contribution >= 4 is 5.97 Å². The lowest BCUT2D eigenvalue weighted by Crippen LogP contribution is -2.72. The highest BCUT2D eigenvalue weighted by molar-refractivity contribution is 5.82. The van der Waals surface area contributed by atoms with Gasteiger partial charge in [-0.3, -0.25) is 4.79 Å². The average Bonchev–Trinajstić information content (AvgIpc) is 3.06. The number of rotatable bonds is 0. The van der Waals surface area contributed by atoms with Gasteiger partial charge in [-0.2, -0.15) is 0 Å². The maximum absolute atomic E-state index is 12.9. The standard InChI is InChI=1S/C20H26O6/c1-17-4-3-11-10(15(17)24-8-13(17)21)7-12-14-18(2,16(22)26-12)20(23)6-5-19(11,14)9-25-20/h7,11-15,21,23H,3-6,8-9H2,1-2H3/t11-,12+,13-,14+,15+,17+,18+,19+,20+/m1/s1. The molecule has 7 rings (SSSR count). The van der Waals surface area contributed by atoms with Crippen molar-refractivity contribution in [2.45, 2.75) is 63.6 Å². The molecule has 0 unspecified atom stereocenters. The van der Waals surface area contributed by atoms with Crippen LogP contribution in [0.2, 0.25) is 0 Å². The van der Waals surface area contributed by atoms with Gasteiger partial charge in [0.15, 0.2) is 5.79 Å². The molecule has 7 aliphatic rings. The summed E-state index contributed by atoms with van der Waals surface area (Å²) in [7, 11) is 0. The second kappa shape index (κ2) is 4.37. The van der Waals surface area contributed by atoms with Crippen molar-refractivity contribution < 1.29 is 29.2 Å².